The van der Waals surface area contributed by atoms with Gasteiger partial charge in [-0.2, -0.15) is 5.10 Å². The molecule has 0 aliphatic rings. The van der Waals surface area contributed by atoms with Crippen LogP contribution in [0.2, 0.25) is 0 Å². The van der Waals surface area contributed by atoms with Gasteiger partial charge in [-0.25, -0.2) is 4.98 Å². The van der Waals surface area contributed by atoms with E-state index in [1.165, 1.54) is 6.33 Å². The predicted molar refractivity (Wildman–Crippen MR) is 55.9 cm³/mol. The Labute approximate surface area is 88.0 Å². The van der Waals surface area contributed by atoms with Gasteiger partial charge in [0.2, 0.25) is 0 Å². The summed E-state index contributed by atoms with van der Waals surface area (Å²) in [4.78, 5) is 8.09. The molecule has 2 aromatic heterocycles. The molecule has 5 heteroatoms. The zero-order valence-corrected chi connectivity index (χ0v) is 8.54. The third kappa shape index (κ3) is 2.19. The van der Waals surface area contributed by atoms with Crippen molar-refractivity contribution < 1.29 is 0 Å². The number of nitrogens with two attached hydrogens (primary N) is 1. The first-order chi connectivity index (χ1) is 7.27. The lowest BCUT2D eigenvalue weighted by atomic mass is 10.1. The van der Waals surface area contributed by atoms with E-state index < -0.39 is 0 Å². The number of pyridine rings is 1. The van der Waals surface area contributed by atoms with E-state index in [0.717, 1.165) is 11.4 Å². The summed E-state index contributed by atoms with van der Waals surface area (Å²) >= 11 is 0. The van der Waals surface area contributed by atoms with Crippen molar-refractivity contribution >= 4 is 0 Å². The molecule has 1 atom stereocenters. The lowest BCUT2D eigenvalue weighted by Gasteiger charge is -2.10. The number of aryl methyl sites for hydroxylation is 1. The van der Waals surface area contributed by atoms with E-state index in [-0.39, 0.29) is 6.04 Å². The average Bonchev–Trinajstić information content (AvgIpc) is 2.66. The van der Waals surface area contributed by atoms with Gasteiger partial charge in [-0.1, -0.05) is 0 Å². The van der Waals surface area contributed by atoms with Crippen molar-refractivity contribution in [2.24, 2.45) is 12.8 Å². The third-order valence-electron chi connectivity index (χ3n) is 2.34. The molecule has 0 radical (unpaired) electrons. The maximum atomic E-state index is 6.05. The highest BCUT2D eigenvalue weighted by Crippen LogP contribution is 2.12. The molecule has 15 heavy (non-hydrogen) atoms. The molecule has 2 heterocycles. The van der Waals surface area contributed by atoms with E-state index in [0.29, 0.717) is 6.42 Å². The molecule has 2 aromatic rings. The molecule has 78 valence electrons. The summed E-state index contributed by atoms with van der Waals surface area (Å²) in [6.45, 7) is 0. The van der Waals surface area contributed by atoms with Gasteiger partial charge in [-0.3, -0.25) is 9.67 Å². The molecule has 0 amide bonds. The fourth-order valence-electron chi connectivity index (χ4n) is 1.43. The highest BCUT2D eigenvalue weighted by Gasteiger charge is 2.09. The van der Waals surface area contributed by atoms with Crippen LogP contribution in [-0.4, -0.2) is 19.7 Å². The van der Waals surface area contributed by atoms with Crippen LogP contribution in [0.4, 0.5) is 0 Å². The Balaban J connectivity index is 2.11. The average molecular weight is 203 g/mol. The molecule has 5 nitrogen and oxygen atoms in total. The summed E-state index contributed by atoms with van der Waals surface area (Å²) in [7, 11) is 1.86. The summed E-state index contributed by atoms with van der Waals surface area (Å²) in [5.74, 6) is 0.888. The van der Waals surface area contributed by atoms with Gasteiger partial charge in [0, 0.05) is 31.9 Å². The van der Waals surface area contributed by atoms with Gasteiger partial charge in [-0.15, -0.1) is 0 Å². The Morgan fingerprint density at radius 1 is 1.40 bits per heavy atom. The van der Waals surface area contributed by atoms with E-state index in [2.05, 4.69) is 15.1 Å². The summed E-state index contributed by atoms with van der Waals surface area (Å²) in [5, 5.41) is 4.00. The Morgan fingerprint density at radius 2 is 2.13 bits per heavy atom. The largest absolute Gasteiger partial charge is 0.324 e. The predicted octanol–water partition coefficient (Wildman–Crippen LogP) is 0.453. The van der Waals surface area contributed by atoms with Crippen LogP contribution in [0.15, 0.2) is 30.9 Å². The topological polar surface area (TPSA) is 69.6 Å². The van der Waals surface area contributed by atoms with E-state index >= 15 is 0 Å². The molecule has 0 spiro atoms. The molecule has 2 rings (SSSR count). The van der Waals surface area contributed by atoms with Crippen molar-refractivity contribution in [1.29, 1.82) is 0 Å². The summed E-state index contributed by atoms with van der Waals surface area (Å²) < 4.78 is 1.74. The highest BCUT2D eigenvalue weighted by atomic mass is 15.3. The van der Waals surface area contributed by atoms with Crippen LogP contribution in [-0.2, 0) is 13.5 Å². The Bertz CT molecular complexity index is 422. The third-order valence-corrected chi connectivity index (χ3v) is 2.34. The number of rotatable bonds is 3. The maximum absolute atomic E-state index is 6.05. The van der Waals surface area contributed by atoms with Crippen LogP contribution in [0.5, 0.6) is 0 Å². The standard InChI is InChI=1S/C10H13N5/c1-15-10(13-7-14-15)6-9(11)8-2-4-12-5-3-8/h2-5,7,9H,6,11H2,1H3. The van der Waals surface area contributed by atoms with Crippen molar-refractivity contribution in [1.82, 2.24) is 19.7 Å². The molecule has 0 aromatic carbocycles. The van der Waals surface area contributed by atoms with Gasteiger partial charge in [0.1, 0.15) is 12.2 Å². The fraction of sp³-hybridized carbons (Fsp3) is 0.300. The first-order valence-electron chi connectivity index (χ1n) is 4.76. The molecule has 0 aliphatic heterocycles. The molecule has 0 saturated carbocycles. The lowest BCUT2D eigenvalue weighted by Crippen LogP contribution is -2.16. The molecule has 0 aliphatic carbocycles. The van der Waals surface area contributed by atoms with Crippen LogP contribution in [0.25, 0.3) is 0 Å². The SMILES string of the molecule is Cn1ncnc1CC(N)c1ccncc1. The van der Waals surface area contributed by atoms with Crippen LogP contribution >= 0.6 is 0 Å². The second kappa shape index (κ2) is 4.18. The monoisotopic (exact) mass is 203 g/mol. The van der Waals surface area contributed by atoms with E-state index in [4.69, 9.17) is 5.73 Å². The zero-order valence-electron chi connectivity index (χ0n) is 8.54. The minimum atomic E-state index is -0.0594. The second-order valence-electron chi connectivity index (χ2n) is 3.39. The molecule has 0 saturated heterocycles. The Morgan fingerprint density at radius 3 is 2.73 bits per heavy atom. The smallest absolute Gasteiger partial charge is 0.138 e. The highest BCUT2D eigenvalue weighted by molar-refractivity contribution is 5.15. The van der Waals surface area contributed by atoms with E-state index in [9.17, 15) is 0 Å². The van der Waals surface area contributed by atoms with Crippen molar-refractivity contribution in [3.63, 3.8) is 0 Å². The number of hydrogen-bond acceptors (Lipinski definition) is 4. The fourth-order valence-corrected chi connectivity index (χ4v) is 1.43. The molecular weight excluding hydrogens is 190 g/mol. The quantitative estimate of drug-likeness (QED) is 0.786. The minimum absolute atomic E-state index is 0.0594. The van der Waals surface area contributed by atoms with Crippen molar-refractivity contribution in [3.8, 4) is 0 Å². The van der Waals surface area contributed by atoms with Gasteiger partial charge >= 0.3 is 0 Å². The van der Waals surface area contributed by atoms with E-state index in [1.807, 2.05) is 19.2 Å². The van der Waals surface area contributed by atoms with Gasteiger partial charge in [0.15, 0.2) is 0 Å². The Kier molecular flexibility index (Phi) is 2.73. The molecule has 2 N–H and O–H groups in total. The van der Waals surface area contributed by atoms with Crippen LogP contribution < -0.4 is 5.73 Å². The zero-order chi connectivity index (χ0) is 10.7. The van der Waals surface area contributed by atoms with Gasteiger partial charge in [0.05, 0.1) is 0 Å². The minimum Gasteiger partial charge on any atom is -0.324 e. The normalized spacial score (nSPS) is 12.7. The second-order valence-corrected chi connectivity index (χ2v) is 3.39. The van der Waals surface area contributed by atoms with Crippen LogP contribution in [0.1, 0.15) is 17.4 Å². The van der Waals surface area contributed by atoms with Crippen LogP contribution in [0.3, 0.4) is 0 Å². The summed E-state index contributed by atoms with van der Waals surface area (Å²) in [6.07, 6.45) is 5.70. The van der Waals surface area contributed by atoms with Gasteiger partial charge in [-0.05, 0) is 17.7 Å². The van der Waals surface area contributed by atoms with Crippen LogP contribution in [0, 0.1) is 0 Å². The number of nitrogens with zero attached hydrogens (tertiary/aromatic N) is 4. The van der Waals surface area contributed by atoms with Crippen molar-refractivity contribution in [2.45, 2.75) is 12.5 Å². The number of hydrogen-bond donors (Lipinski definition) is 1. The summed E-state index contributed by atoms with van der Waals surface area (Å²) in [6, 6.07) is 3.78. The van der Waals surface area contributed by atoms with E-state index in [1.54, 1.807) is 17.1 Å². The first-order valence-corrected chi connectivity index (χ1v) is 4.76. The molecule has 0 fully saturated rings. The van der Waals surface area contributed by atoms with Gasteiger partial charge < -0.3 is 5.73 Å². The Hall–Kier alpha value is -1.75. The van der Waals surface area contributed by atoms with Gasteiger partial charge in [0.25, 0.3) is 0 Å². The molecular formula is C10H13N5. The van der Waals surface area contributed by atoms with Crippen molar-refractivity contribution in [2.75, 3.05) is 0 Å². The molecule has 1 unspecified atom stereocenters. The number of aromatic nitrogens is 4. The van der Waals surface area contributed by atoms with Crippen molar-refractivity contribution in [3.05, 3.63) is 42.2 Å². The molecule has 0 bridgehead atoms. The lowest BCUT2D eigenvalue weighted by molar-refractivity contribution is 0.629. The summed E-state index contributed by atoms with van der Waals surface area (Å²) in [5.41, 5.74) is 7.11. The first kappa shape index (κ1) is 9.79. The maximum Gasteiger partial charge on any atom is 0.138 e.